The van der Waals surface area contributed by atoms with E-state index in [4.69, 9.17) is 5.73 Å². The lowest BCUT2D eigenvalue weighted by molar-refractivity contribution is 0.256. The molecule has 0 radical (unpaired) electrons. The smallest absolute Gasteiger partial charge is 0.0457 e. The predicted octanol–water partition coefficient (Wildman–Crippen LogP) is 4.34. The third-order valence-corrected chi connectivity index (χ3v) is 5.15. The molecular weight excluding hydrogens is 244 g/mol. The minimum absolute atomic E-state index is 0.512. The molecule has 2 nitrogen and oxygen atoms in total. The van der Waals surface area contributed by atoms with Crippen LogP contribution in [-0.2, 0) is 0 Å². The van der Waals surface area contributed by atoms with Gasteiger partial charge in [0.15, 0.2) is 0 Å². The number of aryl methyl sites for hydroxylation is 1. The first-order valence-corrected chi connectivity index (χ1v) is 7.96. The predicted molar refractivity (Wildman–Crippen MR) is 86.0 cm³/mol. The van der Waals surface area contributed by atoms with Crippen molar-refractivity contribution < 1.29 is 0 Å². The van der Waals surface area contributed by atoms with Crippen LogP contribution in [0.3, 0.4) is 0 Å². The van der Waals surface area contributed by atoms with Gasteiger partial charge in [-0.05, 0) is 55.8 Å². The highest BCUT2D eigenvalue weighted by atomic mass is 14.7. The van der Waals surface area contributed by atoms with Crippen molar-refractivity contribution in [3.8, 4) is 0 Å². The lowest BCUT2D eigenvalue weighted by Gasteiger charge is -2.32. The van der Waals surface area contributed by atoms with Gasteiger partial charge in [0.05, 0.1) is 0 Å². The summed E-state index contributed by atoms with van der Waals surface area (Å²) in [6, 6.07) is 6.66. The van der Waals surface area contributed by atoms with E-state index in [0.717, 1.165) is 18.4 Å². The van der Waals surface area contributed by atoms with E-state index >= 15 is 0 Å². The summed E-state index contributed by atoms with van der Waals surface area (Å²) in [4.78, 5) is 3.42. The first-order chi connectivity index (χ1) is 9.69. The van der Waals surface area contributed by atoms with Crippen molar-refractivity contribution in [1.82, 2.24) is 4.98 Å². The minimum atomic E-state index is 0.512. The van der Waals surface area contributed by atoms with Crippen LogP contribution in [0.4, 0.5) is 0 Å². The second kappa shape index (κ2) is 5.61. The highest BCUT2D eigenvalue weighted by Crippen LogP contribution is 2.39. The maximum atomic E-state index is 6.14. The Morgan fingerprint density at radius 1 is 1.25 bits per heavy atom. The van der Waals surface area contributed by atoms with Gasteiger partial charge in [0.25, 0.3) is 0 Å². The number of H-pyrrole nitrogens is 1. The molecule has 1 fully saturated rings. The molecule has 2 aromatic rings. The molecule has 0 spiro atoms. The van der Waals surface area contributed by atoms with Gasteiger partial charge in [-0.15, -0.1) is 0 Å². The molecule has 1 saturated carbocycles. The lowest BCUT2D eigenvalue weighted by Crippen LogP contribution is -2.25. The molecule has 1 aliphatic rings. The van der Waals surface area contributed by atoms with Crippen LogP contribution in [0.5, 0.6) is 0 Å². The molecule has 20 heavy (non-hydrogen) atoms. The van der Waals surface area contributed by atoms with E-state index in [0.29, 0.717) is 5.92 Å². The molecule has 108 valence electrons. The number of hydrogen-bond acceptors (Lipinski definition) is 1. The van der Waals surface area contributed by atoms with Crippen molar-refractivity contribution in [3.05, 3.63) is 35.5 Å². The molecule has 1 aromatic heterocycles. The maximum Gasteiger partial charge on any atom is 0.0457 e. The highest BCUT2D eigenvalue weighted by molar-refractivity contribution is 5.84. The Kier molecular flexibility index (Phi) is 3.84. The van der Waals surface area contributed by atoms with Crippen LogP contribution in [0.2, 0.25) is 0 Å². The van der Waals surface area contributed by atoms with Gasteiger partial charge in [-0.25, -0.2) is 0 Å². The quantitative estimate of drug-likeness (QED) is 0.855. The summed E-state index contributed by atoms with van der Waals surface area (Å²) in [6.45, 7) is 5.30. The summed E-state index contributed by atoms with van der Waals surface area (Å²) in [6.07, 6.45) is 7.59. The van der Waals surface area contributed by atoms with E-state index in [2.05, 4.69) is 43.2 Å². The number of aromatic nitrogens is 1. The fourth-order valence-electron chi connectivity index (χ4n) is 3.82. The molecule has 1 heterocycles. The number of fused-ring (bicyclic) bond motifs is 1. The van der Waals surface area contributed by atoms with Crippen LogP contribution in [0.25, 0.3) is 10.9 Å². The number of rotatable bonds is 3. The number of aromatic amines is 1. The standard InChI is InChI=1S/C18H26N2/c1-12-3-6-14(7-4-12)16(10-19)17-11-20-18-8-5-13(2)9-15(17)18/h5,8-9,11-12,14,16,20H,3-4,6-7,10,19H2,1-2H3. The zero-order chi connectivity index (χ0) is 14.1. The van der Waals surface area contributed by atoms with Crippen molar-refractivity contribution >= 4 is 10.9 Å². The van der Waals surface area contributed by atoms with E-state index < -0.39 is 0 Å². The Labute approximate surface area is 121 Å². The average Bonchev–Trinajstić information content (AvgIpc) is 2.85. The zero-order valence-electron chi connectivity index (χ0n) is 12.7. The van der Waals surface area contributed by atoms with Crippen molar-refractivity contribution in [2.45, 2.75) is 45.4 Å². The van der Waals surface area contributed by atoms with Crippen LogP contribution in [-0.4, -0.2) is 11.5 Å². The number of benzene rings is 1. The van der Waals surface area contributed by atoms with Gasteiger partial charge >= 0.3 is 0 Å². The second-order valence-corrected chi connectivity index (χ2v) is 6.66. The Balaban J connectivity index is 1.93. The van der Waals surface area contributed by atoms with Crippen molar-refractivity contribution in [2.24, 2.45) is 17.6 Å². The molecule has 2 heteroatoms. The molecule has 0 aliphatic heterocycles. The van der Waals surface area contributed by atoms with Gasteiger partial charge < -0.3 is 10.7 Å². The molecule has 1 aliphatic carbocycles. The summed E-state index contributed by atoms with van der Waals surface area (Å²) >= 11 is 0. The zero-order valence-corrected chi connectivity index (χ0v) is 12.7. The average molecular weight is 270 g/mol. The normalized spacial score (nSPS) is 24.9. The first kappa shape index (κ1) is 13.7. The number of hydrogen-bond donors (Lipinski definition) is 2. The van der Waals surface area contributed by atoms with Crippen LogP contribution in [0, 0.1) is 18.8 Å². The Morgan fingerprint density at radius 3 is 2.70 bits per heavy atom. The molecule has 1 aromatic carbocycles. The molecule has 1 atom stereocenters. The Morgan fingerprint density at radius 2 is 2.00 bits per heavy atom. The molecular formula is C18H26N2. The fourth-order valence-corrected chi connectivity index (χ4v) is 3.82. The minimum Gasteiger partial charge on any atom is -0.361 e. The molecule has 0 saturated heterocycles. The molecule has 3 rings (SSSR count). The summed E-state index contributed by atoms with van der Waals surface area (Å²) in [7, 11) is 0. The number of nitrogens with one attached hydrogen (secondary N) is 1. The van der Waals surface area contributed by atoms with Crippen LogP contribution >= 0.6 is 0 Å². The monoisotopic (exact) mass is 270 g/mol. The van der Waals surface area contributed by atoms with E-state index in [1.807, 2.05) is 0 Å². The SMILES string of the molecule is Cc1ccc2[nH]cc(C(CN)C3CCC(C)CC3)c2c1. The Hall–Kier alpha value is -1.28. The molecule has 0 amide bonds. The summed E-state index contributed by atoms with van der Waals surface area (Å²) in [5, 5.41) is 1.37. The van der Waals surface area contributed by atoms with Crippen LogP contribution in [0.15, 0.2) is 24.4 Å². The molecule has 1 unspecified atom stereocenters. The Bertz CT molecular complexity index is 576. The van der Waals surface area contributed by atoms with E-state index in [1.165, 1.54) is 47.7 Å². The van der Waals surface area contributed by atoms with E-state index in [1.54, 1.807) is 0 Å². The highest BCUT2D eigenvalue weighted by Gasteiger charge is 2.27. The summed E-state index contributed by atoms with van der Waals surface area (Å²) < 4.78 is 0. The van der Waals surface area contributed by atoms with Gasteiger partial charge in [0, 0.05) is 23.0 Å². The van der Waals surface area contributed by atoms with Crippen LogP contribution < -0.4 is 5.73 Å². The van der Waals surface area contributed by atoms with Crippen molar-refractivity contribution in [1.29, 1.82) is 0 Å². The van der Waals surface area contributed by atoms with Gasteiger partial charge in [-0.1, -0.05) is 31.4 Å². The van der Waals surface area contributed by atoms with Gasteiger partial charge in [-0.2, -0.15) is 0 Å². The van der Waals surface area contributed by atoms with E-state index in [9.17, 15) is 0 Å². The molecule has 0 bridgehead atoms. The largest absolute Gasteiger partial charge is 0.361 e. The summed E-state index contributed by atoms with van der Waals surface area (Å²) in [5.41, 5.74) is 10.1. The van der Waals surface area contributed by atoms with Crippen molar-refractivity contribution in [2.75, 3.05) is 6.54 Å². The molecule has 3 N–H and O–H groups in total. The van der Waals surface area contributed by atoms with Crippen LogP contribution in [0.1, 0.15) is 49.7 Å². The topological polar surface area (TPSA) is 41.8 Å². The van der Waals surface area contributed by atoms with E-state index in [-0.39, 0.29) is 0 Å². The first-order valence-electron chi connectivity index (χ1n) is 7.96. The maximum absolute atomic E-state index is 6.14. The third-order valence-electron chi connectivity index (χ3n) is 5.15. The van der Waals surface area contributed by atoms with Gasteiger partial charge in [0.1, 0.15) is 0 Å². The van der Waals surface area contributed by atoms with Gasteiger partial charge in [-0.3, -0.25) is 0 Å². The third kappa shape index (κ3) is 2.49. The number of nitrogens with two attached hydrogens (primary N) is 1. The van der Waals surface area contributed by atoms with Gasteiger partial charge in [0.2, 0.25) is 0 Å². The second-order valence-electron chi connectivity index (χ2n) is 6.66. The lowest BCUT2D eigenvalue weighted by atomic mass is 9.74. The fraction of sp³-hybridized carbons (Fsp3) is 0.556. The summed E-state index contributed by atoms with van der Waals surface area (Å²) in [5.74, 6) is 2.17. The van der Waals surface area contributed by atoms with Crippen molar-refractivity contribution in [3.63, 3.8) is 0 Å².